The minimum atomic E-state index is -0.447. The molecule has 5 heteroatoms. The highest BCUT2D eigenvalue weighted by Gasteiger charge is 2.35. The lowest BCUT2D eigenvalue weighted by atomic mass is 10.1. The molecule has 3 rings (SSSR count). The van der Waals surface area contributed by atoms with E-state index in [0.717, 1.165) is 16.8 Å². The Morgan fingerprint density at radius 2 is 1.88 bits per heavy atom. The first-order valence-corrected chi connectivity index (χ1v) is 8.30. The Morgan fingerprint density at radius 3 is 2.56 bits per heavy atom. The summed E-state index contributed by atoms with van der Waals surface area (Å²) in [5.74, 6) is -1.15. The molecule has 0 radical (unpaired) electrons. The normalized spacial score (nSPS) is 17.0. The maximum absolute atomic E-state index is 13.8. The second kappa shape index (κ2) is 6.67. The zero-order chi connectivity index (χ0) is 18.1. The molecule has 2 aromatic carbocycles. The van der Waals surface area contributed by atoms with E-state index in [1.165, 1.54) is 11.0 Å². The molecule has 1 fully saturated rings. The van der Waals surface area contributed by atoms with Crippen LogP contribution < -0.4 is 10.2 Å². The van der Waals surface area contributed by atoms with Crippen LogP contribution in [0.25, 0.3) is 0 Å². The second-order valence-corrected chi connectivity index (χ2v) is 6.65. The summed E-state index contributed by atoms with van der Waals surface area (Å²) >= 11 is 0. The van der Waals surface area contributed by atoms with Crippen molar-refractivity contribution in [1.29, 1.82) is 0 Å². The number of nitrogens with one attached hydrogen (secondary N) is 1. The van der Waals surface area contributed by atoms with Crippen LogP contribution in [0.4, 0.5) is 15.8 Å². The minimum absolute atomic E-state index is 0.131. The van der Waals surface area contributed by atoms with E-state index in [4.69, 9.17) is 0 Å². The van der Waals surface area contributed by atoms with Crippen LogP contribution >= 0.6 is 0 Å². The van der Waals surface area contributed by atoms with Crippen molar-refractivity contribution >= 4 is 23.2 Å². The van der Waals surface area contributed by atoms with Crippen LogP contribution in [-0.2, 0) is 9.59 Å². The number of hydrogen-bond donors (Lipinski definition) is 1. The standard InChI is InChI=1S/C20H21FN2O2/c1-12-4-7-18(14(3)8-12)22-20(25)15-9-19(24)23(11-15)16-6-5-13(2)17(21)10-16/h4-8,10,15H,9,11H2,1-3H3,(H,22,25). The van der Waals surface area contributed by atoms with Crippen LogP contribution in [-0.4, -0.2) is 18.4 Å². The molecule has 4 nitrogen and oxygen atoms in total. The summed E-state index contributed by atoms with van der Waals surface area (Å²) in [7, 11) is 0. The lowest BCUT2D eigenvalue weighted by Crippen LogP contribution is -2.28. The van der Waals surface area contributed by atoms with E-state index in [1.807, 2.05) is 32.0 Å². The van der Waals surface area contributed by atoms with Crippen LogP contribution in [0.5, 0.6) is 0 Å². The summed E-state index contributed by atoms with van der Waals surface area (Å²) in [5, 5.41) is 2.90. The molecule has 0 aromatic heterocycles. The number of amides is 2. The first-order chi connectivity index (χ1) is 11.8. The summed E-state index contributed by atoms with van der Waals surface area (Å²) < 4.78 is 13.8. The molecule has 1 aliphatic rings. The van der Waals surface area contributed by atoms with Gasteiger partial charge in [-0.1, -0.05) is 23.8 Å². The van der Waals surface area contributed by atoms with Crippen molar-refractivity contribution in [3.05, 3.63) is 58.9 Å². The van der Waals surface area contributed by atoms with Crippen molar-refractivity contribution in [1.82, 2.24) is 0 Å². The molecule has 2 aromatic rings. The third kappa shape index (κ3) is 3.55. The second-order valence-electron chi connectivity index (χ2n) is 6.65. The van der Waals surface area contributed by atoms with Crippen molar-refractivity contribution < 1.29 is 14.0 Å². The first-order valence-electron chi connectivity index (χ1n) is 8.30. The van der Waals surface area contributed by atoms with Crippen LogP contribution in [0.15, 0.2) is 36.4 Å². The topological polar surface area (TPSA) is 49.4 Å². The van der Waals surface area contributed by atoms with Crippen molar-refractivity contribution in [2.24, 2.45) is 5.92 Å². The van der Waals surface area contributed by atoms with E-state index in [1.54, 1.807) is 19.1 Å². The Hall–Kier alpha value is -2.69. The number of aryl methyl sites for hydroxylation is 3. The number of halogens is 1. The maximum atomic E-state index is 13.8. The van der Waals surface area contributed by atoms with Gasteiger partial charge in [-0.05, 0) is 50.1 Å². The molecule has 1 unspecified atom stereocenters. The molecule has 0 bridgehead atoms. The Kier molecular flexibility index (Phi) is 4.57. The van der Waals surface area contributed by atoms with Gasteiger partial charge in [0.25, 0.3) is 0 Å². The van der Waals surface area contributed by atoms with Crippen LogP contribution in [0.3, 0.4) is 0 Å². The Bertz CT molecular complexity index is 848. The molecule has 0 spiro atoms. The number of anilines is 2. The summed E-state index contributed by atoms with van der Waals surface area (Å²) in [6.07, 6.45) is 0.131. The summed E-state index contributed by atoms with van der Waals surface area (Å²) in [4.78, 5) is 26.3. The summed E-state index contributed by atoms with van der Waals surface area (Å²) in [6.45, 7) is 5.86. The predicted octanol–water partition coefficient (Wildman–Crippen LogP) is 3.74. The predicted molar refractivity (Wildman–Crippen MR) is 96.1 cm³/mol. The average molecular weight is 340 g/mol. The van der Waals surface area contributed by atoms with Crippen molar-refractivity contribution in [3.8, 4) is 0 Å². The van der Waals surface area contributed by atoms with Gasteiger partial charge in [0.05, 0.1) is 5.92 Å². The van der Waals surface area contributed by atoms with Gasteiger partial charge < -0.3 is 10.2 Å². The third-order valence-corrected chi connectivity index (χ3v) is 4.60. The number of benzene rings is 2. The first kappa shape index (κ1) is 17.1. The molecule has 25 heavy (non-hydrogen) atoms. The molecule has 1 saturated heterocycles. The monoisotopic (exact) mass is 340 g/mol. The van der Waals surface area contributed by atoms with E-state index in [0.29, 0.717) is 11.3 Å². The van der Waals surface area contributed by atoms with Gasteiger partial charge in [0.1, 0.15) is 5.82 Å². The molecule has 0 aliphatic carbocycles. The zero-order valence-electron chi connectivity index (χ0n) is 14.6. The number of rotatable bonds is 3. The Balaban J connectivity index is 1.73. The highest BCUT2D eigenvalue weighted by Crippen LogP contribution is 2.28. The molecule has 1 heterocycles. The Labute approximate surface area is 146 Å². The van der Waals surface area contributed by atoms with Gasteiger partial charge in [-0.3, -0.25) is 9.59 Å². The lowest BCUT2D eigenvalue weighted by Gasteiger charge is -2.17. The highest BCUT2D eigenvalue weighted by molar-refractivity contribution is 6.03. The van der Waals surface area contributed by atoms with E-state index in [9.17, 15) is 14.0 Å². The smallest absolute Gasteiger partial charge is 0.229 e. The van der Waals surface area contributed by atoms with Gasteiger partial charge in [0, 0.05) is 24.3 Å². The number of carbonyl (C=O) groups excluding carboxylic acids is 2. The average Bonchev–Trinajstić information content (AvgIpc) is 2.95. The van der Waals surface area contributed by atoms with Crippen LogP contribution in [0.1, 0.15) is 23.1 Å². The van der Waals surface area contributed by atoms with Crippen molar-refractivity contribution in [2.45, 2.75) is 27.2 Å². The van der Waals surface area contributed by atoms with Gasteiger partial charge >= 0.3 is 0 Å². The van der Waals surface area contributed by atoms with Crippen molar-refractivity contribution in [3.63, 3.8) is 0 Å². The van der Waals surface area contributed by atoms with Crippen LogP contribution in [0.2, 0.25) is 0 Å². The third-order valence-electron chi connectivity index (χ3n) is 4.60. The molecule has 1 aliphatic heterocycles. The van der Waals surface area contributed by atoms with Crippen molar-refractivity contribution in [2.75, 3.05) is 16.8 Å². The maximum Gasteiger partial charge on any atom is 0.229 e. The van der Waals surface area contributed by atoms with Gasteiger partial charge in [-0.2, -0.15) is 0 Å². The molecule has 0 saturated carbocycles. The fourth-order valence-electron chi connectivity index (χ4n) is 3.07. The summed E-state index contributed by atoms with van der Waals surface area (Å²) in [5.41, 5.74) is 3.88. The summed E-state index contributed by atoms with van der Waals surface area (Å²) in [6, 6.07) is 10.5. The SMILES string of the molecule is Cc1ccc(NC(=O)C2CC(=O)N(c3ccc(C)c(F)c3)C2)c(C)c1. The van der Waals surface area contributed by atoms with Crippen LogP contribution in [0, 0.1) is 32.5 Å². The lowest BCUT2D eigenvalue weighted by molar-refractivity contribution is -0.122. The highest BCUT2D eigenvalue weighted by atomic mass is 19.1. The zero-order valence-corrected chi connectivity index (χ0v) is 14.6. The number of carbonyl (C=O) groups is 2. The fourth-order valence-corrected chi connectivity index (χ4v) is 3.07. The van der Waals surface area contributed by atoms with Gasteiger partial charge in [-0.15, -0.1) is 0 Å². The van der Waals surface area contributed by atoms with Gasteiger partial charge in [0.2, 0.25) is 11.8 Å². The quantitative estimate of drug-likeness (QED) is 0.925. The molecular formula is C20H21FN2O2. The number of hydrogen-bond acceptors (Lipinski definition) is 2. The van der Waals surface area contributed by atoms with E-state index >= 15 is 0 Å². The fraction of sp³-hybridized carbons (Fsp3) is 0.300. The molecule has 1 atom stereocenters. The van der Waals surface area contributed by atoms with Gasteiger partial charge in [-0.25, -0.2) is 4.39 Å². The largest absolute Gasteiger partial charge is 0.326 e. The number of nitrogens with zero attached hydrogens (tertiary/aromatic N) is 1. The molecule has 130 valence electrons. The molecule has 2 amide bonds. The molecular weight excluding hydrogens is 319 g/mol. The van der Waals surface area contributed by atoms with Gasteiger partial charge in [0.15, 0.2) is 0 Å². The van der Waals surface area contributed by atoms with E-state index in [2.05, 4.69) is 5.32 Å². The van der Waals surface area contributed by atoms with E-state index in [-0.39, 0.29) is 30.6 Å². The minimum Gasteiger partial charge on any atom is -0.326 e. The Morgan fingerprint density at radius 1 is 1.12 bits per heavy atom. The van der Waals surface area contributed by atoms with E-state index < -0.39 is 5.92 Å². The molecule has 1 N–H and O–H groups in total.